The quantitative estimate of drug-likeness (QED) is 0.739. The van der Waals surface area contributed by atoms with Crippen molar-refractivity contribution in [2.45, 2.75) is 51.6 Å². The number of rotatable bonds is 7. The van der Waals surface area contributed by atoms with Crippen LogP contribution in [0.2, 0.25) is 0 Å². The molecule has 0 aliphatic carbocycles. The normalized spacial score (nSPS) is 15.0. The summed E-state index contributed by atoms with van der Waals surface area (Å²) in [4.78, 5) is 4.31. The Morgan fingerprint density at radius 2 is 2.19 bits per heavy atom. The Bertz CT molecular complexity index is 298. The van der Waals surface area contributed by atoms with Gasteiger partial charge in [-0.05, 0) is 12.8 Å². The summed E-state index contributed by atoms with van der Waals surface area (Å²) in [5.74, 6) is 1.02. The third-order valence-electron chi connectivity index (χ3n) is 2.88. The SMILES string of the molecule is CCCc1nccn1C(CO)C(N)CCC. The third kappa shape index (κ3) is 3.06. The number of aliphatic hydroxyl groups excluding tert-OH is 1. The Balaban J connectivity index is 2.81. The summed E-state index contributed by atoms with van der Waals surface area (Å²) in [6, 6.07) is -0.0381. The average Bonchev–Trinajstić information content (AvgIpc) is 2.69. The van der Waals surface area contributed by atoms with Crippen LogP contribution in [-0.2, 0) is 6.42 Å². The van der Waals surface area contributed by atoms with Crippen molar-refractivity contribution in [2.75, 3.05) is 6.61 Å². The van der Waals surface area contributed by atoms with Crippen LogP contribution in [0.25, 0.3) is 0 Å². The molecular formula is C12H23N3O. The van der Waals surface area contributed by atoms with Gasteiger partial charge in [-0.25, -0.2) is 4.98 Å². The summed E-state index contributed by atoms with van der Waals surface area (Å²) in [6.07, 6.45) is 7.65. The molecular weight excluding hydrogens is 202 g/mol. The van der Waals surface area contributed by atoms with Gasteiger partial charge < -0.3 is 15.4 Å². The van der Waals surface area contributed by atoms with Crippen molar-refractivity contribution in [3.8, 4) is 0 Å². The fourth-order valence-corrected chi connectivity index (χ4v) is 2.02. The van der Waals surface area contributed by atoms with Gasteiger partial charge in [0.15, 0.2) is 0 Å². The molecule has 0 aromatic carbocycles. The van der Waals surface area contributed by atoms with Crippen LogP contribution in [0.3, 0.4) is 0 Å². The lowest BCUT2D eigenvalue weighted by atomic mass is 10.0. The van der Waals surface area contributed by atoms with Gasteiger partial charge in [-0.2, -0.15) is 0 Å². The Labute approximate surface area is 97.5 Å². The summed E-state index contributed by atoms with van der Waals surface area (Å²) in [7, 11) is 0. The Morgan fingerprint density at radius 1 is 1.44 bits per heavy atom. The zero-order valence-corrected chi connectivity index (χ0v) is 10.3. The molecule has 0 saturated carbocycles. The fourth-order valence-electron chi connectivity index (χ4n) is 2.02. The first kappa shape index (κ1) is 13.2. The van der Waals surface area contributed by atoms with Crippen molar-refractivity contribution >= 4 is 0 Å². The summed E-state index contributed by atoms with van der Waals surface area (Å²) in [5.41, 5.74) is 6.09. The molecule has 0 bridgehead atoms. The average molecular weight is 225 g/mol. The molecule has 0 spiro atoms. The molecule has 3 N–H and O–H groups in total. The van der Waals surface area contributed by atoms with Gasteiger partial charge in [0.2, 0.25) is 0 Å². The number of nitrogens with zero attached hydrogens (tertiary/aromatic N) is 2. The molecule has 1 heterocycles. The van der Waals surface area contributed by atoms with E-state index in [-0.39, 0.29) is 18.7 Å². The minimum atomic E-state index is -0.0380. The Kier molecular flexibility index (Phi) is 5.49. The monoisotopic (exact) mass is 225 g/mol. The highest BCUT2D eigenvalue weighted by atomic mass is 16.3. The van der Waals surface area contributed by atoms with Gasteiger partial charge in [-0.15, -0.1) is 0 Å². The number of hydrogen-bond acceptors (Lipinski definition) is 3. The maximum atomic E-state index is 9.46. The predicted molar refractivity (Wildman–Crippen MR) is 65.2 cm³/mol. The minimum absolute atomic E-state index is 0.000180. The molecule has 92 valence electrons. The molecule has 4 heteroatoms. The third-order valence-corrected chi connectivity index (χ3v) is 2.88. The van der Waals surface area contributed by atoms with E-state index in [2.05, 4.69) is 18.8 Å². The standard InChI is InChI=1S/C12H23N3O/c1-3-5-10(13)11(9-16)15-8-7-14-12(15)6-4-2/h7-8,10-11,16H,3-6,9,13H2,1-2H3. The second-order valence-corrected chi connectivity index (χ2v) is 4.20. The highest BCUT2D eigenvalue weighted by Gasteiger charge is 2.19. The van der Waals surface area contributed by atoms with Crippen molar-refractivity contribution in [3.05, 3.63) is 18.2 Å². The number of aliphatic hydroxyl groups is 1. The molecule has 1 aromatic rings. The van der Waals surface area contributed by atoms with Crippen LogP contribution in [0.1, 0.15) is 45.0 Å². The van der Waals surface area contributed by atoms with Crippen LogP contribution in [0, 0.1) is 0 Å². The largest absolute Gasteiger partial charge is 0.394 e. The summed E-state index contributed by atoms with van der Waals surface area (Å²) < 4.78 is 2.03. The van der Waals surface area contributed by atoms with Crippen molar-refractivity contribution in [2.24, 2.45) is 5.73 Å². The van der Waals surface area contributed by atoms with E-state index in [9.17, 15) is 5.11 Å². The van der Waals surface area contributed by atoms with E-state index < -0.39 is 0 Å². The Hall–Kier alpha value is -0.870. The maximum absolute atomic E-state index is 9.46. The van der Waals surface area contributed by atoms with Crippen molar-refractivity contribution in [3.63, 3.8) is 0 Å². The summed E-state index contributed by atoms with van der Waals surface area (Å²) in [6.45, 7) is 4.31. The highest BCUT2D eigenvalue weighted by molar-refractivity contribution is 4.97. The highest BCUT2D eigenvalue weighted by Crippen LogP contribution is 2.16. The lowest BCUT2D eigenvalue weighted by molar-refractivity contribution is 0.199. The minimum Gasteiger partial charge on any atom is -0.394 e. The topological polar surface area (TPSA) is 64.1 Å². The van der Waals surface area contributed by atoms with E-state index in [1.54, 1.807) is 6.20 Å². The molecule has 0 fully saturated rings. The van der Waals surface area contributed by atoms with E-state index in [1.165, 1.54) is 0 Å². The van der Waals surface area contributed by atoms with Crippen LogP contribution < -0.4 is 5.73 Å². The van der Waals surface area contributed by atoms with Crippen molar-refractivity contribution in [1.82, 2.24) is 9.55 Å². The van der Waals surface area contributed by atoms with Gasteiger partial charge in [0.25, 0.3) is 0 Å². The number of aryl methyl sites for hydroxylation is 1. The first-order valence-electron chi connectivity index (χ1n) is 6.12. The summed E-state index contributed by atoms with van der Waals surface area (Å²) in [5, 5.41) is 9.46. The smallest absolute Gasteiger partial charge is 0.109 e. The van der Waals surface area contributed by atoms with Gasteiger partial charge in [0.1, 0.15) is 5.82 Å². The molecule has 0 radical (unpaired) electrons. The predicted octanol–water partition coefficient (Wildman–Crippen LogP) is 1.50. The van der Waals surface area contributed by atoms with Gasteiger partial charge in [-0.3, -0.25) is 0 Å². The van der Waals surface area contributed by atoms with E-state index in [4.69, 9.17) is 5.73 Å². The first-order chi connectivity index (χ1) is 7.74. The van der Waals surface area contributed by atoms with Crippen LogP contribution in [0.5, 0.6) is 0 Å². The molecule has 1 rings (SSSR count). The van der Waals surface area contributed by atoms with E-state index >= 15 is 0 Å². The molecule has 0 saturated heterocycles. The van der Waals surface area contributed by atoms with Crippen LogP contribution in [0.15, 0.2) is 12.4 Å². The summed E-state index contributed by atoms with van der Waals surface area (Å²) >= 11 is 0. The Morgan fingerprint density at radius 3 is 2.75 bits per heavy atom. The zero-order chi connectivity index (χ0) is 12.0. The van der Waals surface area contributed by atoms with Gasteiger partial charge in [0, 0.05) is 24.9 Å². The van der Waals surface area contributed by atoms with Crippen LogP contribution in [0.4, 0.5) is 0 Å². The molecule has 2 unspecified atom stereocenters. The molecule has 2 atom stereocenters. The van der Waals surface area contributed by atoms with E-state index in [0.717, 1.165) is 31.5 Å². The number of nitrogens with two attached hydrogens (primary N) is 1. The number of aromatic nitrogens is 2. The molecule has 4 nitrogen and oxygen atoms in total. The fraction of sp³-hybridized carbons (Fsp3) is 0.750. The molecule has 0 aliphatic heterocycles. The maximum Gasteiger partial charge on any atom is 0.109 e. The first-order valence-corrected chi connectivity index (χ1v) is 6.12. The zero-order valence-electron chi connectivity index (χ0n) is 10.3. The lowest BCUT2D eigenvalue weighted by Crippen LogP contribution is -2.35. The molecule has 0 amide bonds. The van der Waals surface area contributed by atoms with Crippen LogP contribution in [-0.4, -0.2) is 27.3 Å². The molecule has 16 heavy (non-hydrogen) atoms. The van der Waals surface area contributed by atoms with Gasteiger partial charge in [0.05, 0.1) is 12.6 Å². The van der Waals surface area contributed by atoms with E-state index in [0.29, 0.717) is 0 Å². The number of imidazole rings is 1. The lowest BCUT2D eigenvalue weighted by Gasteiger charge is -2.24. The number of hydrogen-bond donors (Lipinski definition) is 2. The van der Waals surface area contributed by atoms with Crippen LogP contribution >= 0.6 is 0 Å². The molecule has 1 aromatic heterocycles. The van der Waals surface area contributed by atoms with E-state index in [1.807, 2.05) is 10.8 Å². The van der Waals surface area contributed by atoms with Gasteiger partial charge in [-0.1, -0.05) is 20.3 Å². The van der Waals surface area contributed by atoms with Crippen molar-refractivity contribution in [1.29, 1.82) is 0 Å². The second kappa shape index (κ2) is 6.66. The van der Waals surface area contributed by atoms with Gasteiger partial charge >= 0.3 is 0 Å². The molecule has 0 aliphatic rings. The second-order valence-electron chi connectivity index (χ2n) is 4.20. The van der Waals surface area contributed by atoms with Crippen molar-refractivity contribution < 1.29 is 5.11 Å².